The first-order valence-corrected chi connectivity index (χ1v) is 10.9. The highest BCUT2D eigenvalue weighted by atomic mass is 16.5. The molecule has 2 heterocycles. The number of esters is 1. The topological polar surface area (TPSA) is 108 Å². The van der Waals surface area contributed by atoms with E-state index in [0.717, 1.165) is 29.2 Å². The van der Waals surface area contributed by atoms with Gasteiger partial charge in [-0.1, -0.05) is 12.1 Å². The first kappa shape index (κ1) is 22.3. The number of anilines is 2. The highest BCUT2D eigenvalue weighted by Crippen LogP contribution is 2.25. The van der Waals surface area contributed by atoms with Gasteiger partial charge in [-0.15, -0.1) is 0 Å². The summed E-state index contributed by atoms with van der Waals surface area (Å²) in [4.78, 5) is 51.3. The molecular weight excluding hydrogens is 424 g/mol. The van der Waals surface area contributed by atoms with Crippen LogP contribution in [-0.4, -0.2) is 55.0 Å². The van der Waals surface area contributed by atoms with Gasteiger partial charge in [-0.05, 0) is 61.2 Å². The van der Waals surface area contributed by atoms with Gasteiger partial charge in [0.05, 0.1) is 18.7 Å². The lowest BCUT2D eigenvalue weighted by Crippen LogP contribution is -2.30. The third kappa shape index (κ3) is 5.31. The summed E-state index contributed by atoms with van der Waals surface area (Å²) >= 11 is 0. The summed E-state index contributed by atoms with van der Waals surface area (Å²) in [6.45, 7) is 3.74. The van der Waals surface area contributed by atoms with Crippen LogP contribution in [-0.2, 0) is 20.9 Å². The summed E-state index contributed by atoms with van der Waals surface area (Å²) in [7, 11) is 0. The highest BCUT2D eigenvalue weighted by molar-refractivity contribution is 6.02. The Morgan fingerprint density at radius 1 is 1.06 bits per heavy atom. The standard InChI is InChI=1S/C24H26N4O5/c1-16-12-19(27-10-2-3-11-27)8-9-20(16)26-21(29)15-33-23(31)18-6-4-17(5-7-18)14-28-22(30)13-25-24(28)32/h4-9,12H,2-3,10-11,13-15H2,1H3,(H,25,32)(H,26,29). The van der Waals surface area contributed by atoms with Crippen LogP contribution in [0.5, 0.6) is 0 Å². The number of amides is 4. The van der Waals surface area contributed by atoms with Crippen molar-refractivity contribution in [2.75, 3.05) is 36.5 Å². The predicted octanol–water partition coefficient (Wildman–Crippen LogP) is 2.44. The summed E-state index contributed by atoms with van der Waals surface area (Å²) in [6, 6.07) is 11.8. The number of imide groups is 1. The molecule has 9 nitrogen and oxygen atoms in total. The molecule has 2 aromatic rings. The van der Waals surface area contributed by atoms with E-state index in [1.807, 2.05) is 25.1 Å². The van der Waals surface area contributed by atoms with Crippen molar-refractivity contribution in [3.63, 3.8) is 0 Å². The van der Waals surface area contributed by atoms with E-state index in [-0.39, 0.29) is 24.6 Å². The van der Waals surface area contributed by atoms with E-state index in [1.165, 1.54) is 25.0 Å². The van der Waals surface area contributed by atoms with Gasteiger partial charge in [0.15, 0.2) is 6.61 Å². The van der Waals surface area contributed by atoms with Crippen molar-refractivity contribution < 1.29 is 23.9 Å². The van der Waals surface area contributed by atoms with Gasteiger partial charge in [0, 0.05) is 24.5 Å². The number of hydrogen-bond acceptors (Lipinski definition) is 6. The fourth-order valence-electron chi connectivity index (χ4n) is 3.90. The second kappa shape index (κ2) is 9.72. The molecule has 0 aromatic heterocycles. The van der Waals surface area contributed by atoms with Gasteiger partial charge in [-0.3, -0.25) is 14.5 Å². The first-order chi connectivity index (χ1) is 15.9. The predicted molar refractivity (Wildman–Crippen MR) is 122 cm³/mol. The molecule has 2 aromatic carbocycles. The Kier molecular flexibility index (Phi) is 6.58. The molecular formula is C24H26N4O5. The van der Waals surface area contributed by atoms with E-state index in [9.17, 15) is 19.2 Å². The maximum atomic E-state index is 12.3. The van der Waals surface area contributed by atoms with E-state index < -0.39 is 24.5 Å². The van der Waals surface area contributed by atoms with Crippen LogP contribution in [0, 0.1) is 6.92 Å². The summed E-state index contributed by atoms with van der Waals surface area (Å²) in [5, 5.41) is 5.24. The maximum Gasteiger partial charge on any atom is 0.338 e. The number of urea groups is 1. The zero-order valence-corrected chi connectivity index (χ0v) is 18.4. The Hall–Kier alpha value is -3.88. The molecule has 0 saturated carbocycles. The number of benzene rings is 2. The van der Waals surface area contributed by atoms with Crippen molar-refractivity contribution in [3.8, 4) is 0 Å². The van der Waals surface area contributed by atoms with Crippen LogP contribution < -0.4 is 15.5 Å². The third-order valence-electron chi connectivity index (χ3n) is 5.76. The molecule has 0 atom stereocenters. The van der Waals surface area contributed by atoms with Crippen LogP contribution in [0.3, 0.4) is 0 Å². The van der Waals surface area contributed by atoms with Gasteiger partial charge in [0.1, 0.15) is 0 Å². The zero-order chi connectivity index (χ0) is 23.4. The molecule has 0 unspecified atom stereocenters. The lowest BCUT2D eigenvalue weighted by Gasteiger charge is -2.19. The first-order valence-electron chi connectivity index (χ1n) is 10.9. The quantitative estimate of drug-likeness (QED) is 0.496. The van der Waals surface area contributed by atoms with Crippen molar-refractivity contribution in [3.05, 3.63) is 59.2 Å². The van der Waals surface area contributed by atoms with Crippen LogP contribution in [0.25, 0.3) is 0 Å². The van der Waals surface area contributed by atoms with E-state index in [4.69, 9.17) is 4.74 Å². The number of ether oxygens (including phenoxy) is 1. The van der Waals surface area contributed by atoms with Gasteiger partial charge in [-0.2, -0.15) is 0 Å². The molecule has 2 saturated heterocycles. The normalized spacial score (nSPS) is 15.5. The van der Waals surface area contributed by atoms with E-state index in [1.54, 1.807) is 12.1 Å². The molecule has 0 aliphatic carbocycles. The minimum Gasteiger partial charge on any atom is -0.452 e. The highest BCUT2D eigenvalue weighted by Gasteiger charge is 2.28. The SMILES string of the molecule is Cc1cc(N2CCCC2)ccc1NC(=O)COC(=O)c1ccc(CN2C(=O)CNC2=O)cc1. The smallest absolute Gasteiger partial charge is 0.338 e. The molecule has 9 heteroatoms. The molecule has 0 radical (unpaired) electrons. The Morgan fingerprint density at radius 2 is 1.79 bits per heavy atom. The van der Waals surface area contributed by atoms with Gasteiger partial charge in [0.25, 0.3) is 5.91 Å². The minimum atomic E-state index is -0.632. The van der Waals surface area contributed by atoms with Crippen LogP contribution in [0.2, 0.25) is 0 Å². The van der Waals surface area contributed by atoms with Gasteiger partial charge in [0.2, 0.25) is 5.91 Å². The Labute approximate surface area is 191 Å². The summed E-state index contributed by atoms with van der Waals surface area (Å²) in [5.74, 6) is -1.35. The average molecular weight is 450 g/mol. The molecule has 4 amide bonds. The van der Waals surface area contributed by atoms with E-state index >= 15 is 0 Å². The van der Waals surface area contributed by atoms with Crippen LogP contribution in [0.15, 0.2) is 42.5 Å². The van der Waals surface area contributed by atoms with Gasteiger partial charge in [-0.25, -0.2) is 9.59 Å². The van der Waals surface area contributed by atoms with Crippen molar-refractivity contribution in [2.45, 2.75) is 26.3 Å². The fraction of sp³-hybridized carbons (Fsp3) is 0.333. The number of nitrogens with zero attached hydrogens (tertiary/aromatic N) is 2. The number of aryl methyl sites for hydroxylation is 1. The third-order valence-corrected chi connectivity index (χ3v) is 5.76. The Morgan fingerprint density at radius 3 is 2.42 bits per heavy atom. The number of nitrogens with one attached hydrogen (secondary N) is 2. The molecule has 172 valence electrons. The molecule has 0 spiro atoms. The molecule has 33 heavy (non-hydrogen) atoms. The van der Waals surface area contributed by atoms with Gasteiger partial charge >= 0.3 is 12.0 Å². The van der Waals surface area contributed by atoms with Gasteiger partial charge < -0.3 is 20.3 Å². The molecule has 0 bridgehead atoms. The number of rotatable bonds is 7. The van der Waals surface area contributed by atoms with E-state index in [0.29, 0.717) is 11.3 Å². The van der Waals surface area contributed by atoms with E-state index in [2.05, 4.69) is 15.5 Å². The van der Waals surface area contributed by atoms with Crippen molar-refractivity contribution in [1.82, 2.24) is 10.2 Å². The second-order valence-electron chi connectivity index (χ2n) is 8.15. The number of carbonyl (C=O) groups excluding carboxylic acids is 4. The number of carbonyl (C=O) groups is 4. The summed E-state index contributed by atoms with van der Waals surface area (Å²) in [5.41, 5.74) is 3.74. The summed E-state index contributed by atoms with van der Waals surface area (Å²) < 4.78 is 5.13. The lowest BCUT2D eigenvalue weighted by atomic mass is 10.1. The molecule has 2 N–H and O–H groups in total. The van der Waals surface area contributed by atoms with Crippen LogP contribution >= 0.6 is 0 Å². The van der Waals surface area contributed by atoms with Crippen molar-refractivity contribution >= 4 is 35.2 Å². The zero-order valence-electron chi connectivity index (χ0n) is 18.4. The molecule has 2 aliphatic rings. The number of hydrogen-bond donors (Lipinski definition) is 2. The Bertz CT molecular complexity index is 1060. The second-order valence-corrected chi connectivity index (χ2v) is 8.15. The van der Waals surface area contributed by atoms with Crippen molar-refractivity contribution in [1.29, 1.82) is 0 Å². The maximum absolute atomic E-state index is 12.3. The van der Waals surface area contributed by atoms with Crippen molar-refractivity contribution in [2.24, 2.45) is 0 Å². The molecule has 2 aliphatic heterocycles. The summed E-state index contributed by atoms with van der Waals surface area (Å²) in [6.07, 6.45) is 2.39. The lowest BCUT2D eigenvalue weighted by molar-refractivity contribution is -0.125. The molecule has 2 fully saturated rings. The molecule has 4 rings (SSSR count). The minimum absolute atomic E-state index is 0.00653. The Balaban J connectivity index is 1.27. The fourth-order valence-corrected chi connectivity index (χ4v) is 3.90. The largest absolute Gasteiger partial charge is 0.452 e. The van der Waals surface area contributed by atoms with Crippen LogP contribution in [0.4, 0.5) is 16.2 Å². The van der Waals surface area contributed by atoms with Crippen LogP contribution in [0.1, 0.15) is 34.3 Å². The monoisotopic (exact) mass is 450 g/mol. The average Bonchev–Trinajstić information content (AvgIpc) is 3.45.